The number of hydrogen-bond acceptors (Lipinski definition) is 3. The minimum Gasteiger partial charge on any atom is -0.478 e. The largest absolute Gasteiger partial charge is 0.478 e. The minimum atomic E-state index is -0.926. The zero-order chi connectivity index (χ0) is 22.5. The highest BCUT2D eigenvalue weighted by atomic mass is 16.5. The van der Waals surface area contributed by atoms with Gasteiger partial charge in [0.15, 0.2) is 0 Å². The van der Waals surface area contributed by atoms with Gasteiger partial charge in [-0.3, -0.25) is 0 Å². The summed E-state index contributed by atoms with van der Waals surface area (Å²) in [6.45, 7) is 2.53. The Morgan fingerprint density at radius 3 is 2.28 bits per heavy atom. The molecule has 0 unspecified atom stereocenters. The molecule has 0 saturated carbocycles. The first-order chi connectivity index (χ1) is 15.5. The second-order valence-corrected chi connectivity index (χ2v) is 7.82. The molecule has 3 aromatic carbocycles. The van der Waals surface area contributed by atoms with Gasteiger partial charge in [0.05, 0.1) is 5.56 Å². The third kappa shape index (κ3) is 4.57. The van der Waals surface area contributed by atoms with Crippen molar-refractivity contribution in [3.63, 3.8) is 0 Å². The number of nitrogens with one attached hydrogen (secondary N) is 1. The highest BCUT2D eigenvalue weighted by molar-refractivity contribution is 5.89. The highest BCUT2D eigenvalue weighted by Crippen LogP contribution is 2.44. The van der Waals surface area contributed by atoms with Crippen LogP contribution in [0.15, 0.2) is 72.8 Å². The Hall–Kier alpha value is -3.86. The van der Waals surface area contributed by atoms with Crippen molar-refractivity contribution in [2.45, 2.75) is 19.3 Å². The molecule has 0 aliphatic heterocycles. The Kier molecular flexibility index (Phi) is 6.36. The predicted octanol–water partition coefficient (Wildman–Crippen LogP) is 5.64. The normalized spacial score (nSPS) is 12.4. The lowest BCUT2D eigenvalue weighted by Crippen LogP contribution is -2.26. The van der Waals surface area contributed by atoms with E-state index in [-0.39, 0.29) is 5.92 Å². The molecule has 4 rings (SSSR count). The van der Waals surface area contributed by atoms with Crippen LogP contribution in [0.2, 0.25) is 0 Å². The van der Waals surface area contributed by atoms with Crippen LogP contribution in [0.5, 0.6) is 0 Å². The van der Waals surface area contributed by atoms with Crippen molar-refractivity contribution < 1.29 is 19.4 Å². The zero-order valence-electron chi connectivity index (χ0n) is 17.9. The van der Waals surface area contributed by atoms with E-state index in [2.05, 4.69) is 29.6 Å². The molecule has 0 spiro atoms. The Labute approximate surface area is 187 Å². The molecule has 0 heterocycles. The van der Waals surface area contributed by atoms with Gasteiger partial charge in [-0.05, 0) is 52.8 Å². The van der Waals surface area contributed by atoms with Crippen molar-refractivity contribution in [3.05, 3.63) is 101 Å². The number of fused-ring (bicyclic) bond motifs is 3. The number of benzene rings is 3. The Balaban J connectivity index is 1.26. The van der Waals surface area contributed by atoms with Crippen LogP contribution in [0.4, 0.5) is 4.79 Å². The van der Waals surface area contributed by atoms with E-state index >= 15 is 0 Å². The van der Waals surface area contributed by atoms with E-state index < -0.39 is 12.1 Å². The summed E-state index contributed by atoms with van der Waals surface area (Å²) in [5.74, 6) is -0.879. The molecule has 0 radical (unpaired) electrons. The fraction of sp³-hybridized carbons (Fsp3) is 0.185. The number of carboxylic acids is 1. The quantitative estimate of drug-likeness (QED) is 0.479. The molecule has 32 heavy (non-hydrogen) atoms. The monoisotopic (exact) mass is 427 g/mol. The number of amides is 1. The standard InChI is InChI=1S/C27H25NO4/c1-18-16-19(13-14-20(18)26(29)30)8-6-7-15-28-27(31)32-17-25-23-11-4-2-9-21(23)22-10-3-5-12-24(22)25/h2-6,8-14,16,25H,7,15,17H2,1H3,(H,28,31)(H,29,30). The maximum Gasteiger partial charge on any atom is 0.407 e. The average molecular weight is 428 g/mol. The number of carboxylic acid groups (broad SMARTS) is 1. The van der Waals surface area contributed by atoms with Crippen molar-refractivity contribution in [2.75, 3.05) is 13.2 Å². The van der Waals surface area contributed by atoms with E-state index in [9.17, 15) is 9.59 Å². The summed E-state index contributed by atoms with van der Waals surface area (Å²) in [4.78, 5) is 23.3. The molecule has 0 aromatic heterocycles. The van der Waals surface area contributed by atoms with Crippen molar-refractivity contribution in [2.24, 2.45) is 0 Å². The van der Waals surface area contributed by atoms with E-state index in [0.717, 1.165) is 11.1 Å². The van der Waals surface area contributed by atoms with E-state index in [1.165, 1.54) is 22.3 Å². The first kappa shape index (κ1) is 21.4. The van der Waals surface area contributed by atoms with Crippen LogP contribution < -0.4 is 5.32 Å². The Bertz CT molecular complexity index is 1140. The molecular formula is C27H25NO4. The molecule has 2 N–H and O–H groups in total. The van der Waals surface area contributed by atoms with Crippen LogP contribution in [-0.2, 0) is 4.74 Å². The number of ether oxygens (including phenoxy) is 1. The number of carbonyl (C=O) groups excluding carboxylic acids is 1. The van der Waals surface area contributed by atoms with E-state index in [1.807, 2.05) is 42.5 Å². The SMILES string of the molecule is Cc1cc(C=CCCNC(=O)OCC2c3ccccc3-c3ccccc32)ccc1C(=O)O. The van der Waals surface area contributed by atoms with Gasteiger partial charge in [0.1, 0.15) is 6.61 Å². The van der Waals surface area contributed by atoms with Crippen molar-refractivity contribution in [1.29, 1.82) is 0 Å². The third-order valence-corrected chi connectivity index (χ3v) is 5.72. The number of aromatic carboxylic acids is 1. The summed E-state index contributed by atoms with van der Waals surface area (Å²) >= 11 is 0. The number of aryl methyl sites for hydroxylation is 1. The second kappa shape index (κ2) is 9.52. The highest BCUT2D eigenvalue weighted by Gasteiger charge is 2.28. The van der Waals surface area contributed by atoms with Crippen molar-refractivity contribution in [1.82, 2.24) is 5.32 Å². The fourth-order valence-electron chi connectivity index (χ4n) is 4.16. The molecule has 5 nitrogen and oxygen atoms in total. The summed E-state index contributed by atoms with van der Waals surface area (Å²) in [5.41, 5.74) is 6.73. The lowest BCUT2D eigenvalue weighted by atomic mass is 9.98. The van der Waals surface area contributed by atoms with Gasteiger partial charge in [-0.2, -0.15) is 0 Å². The predicted molar refractivity (Wildman–Crippen MR) is 125 cm³/mol. The Morgan fingerprint density at radius 2 is 1.66 bits per heavy atom. The van der Waals surface area contributed by atoms with Crippen LogP contribution in [0.1, 0.15) is 45.0 Å². The molecule has 1 aliphatic rings. The van der Waals surface area contributed by atoms with Crippen molar-refractivity contribution in [3.8, 4) is 11.1 Å². The van der Waals surface area contributed by atoms with Crippen LogP contribution >= 0.6 is 0 Å². The molecule has 0 fully saturated rings. The van der Waals surface area contributed by atoms with Gasteiger partial charge in [-0.15, -0.1) is 0 Å². The van der Waals surface area contributed by atoms with Crippen LogP contribution in [0.25, 0.3) is 17.2 Å². The molecular weight excluding hydrogens is 402 g/mol. The molecule has 1 aliphatic carbocycles. The van der Waals surface area contributed by atoms with Crippen LogP contribution in [0.3, 0.4) is 0 Å². The first-order valence-corrected chi connectivity index (χ1v) is 10.6. The Morgan fingerprint density at radius 1 is 1.00 bits per heavy atom. The van der Waals surface area contributed by atoms with Gasteiger partial charge in [0.25, 0.3) is 0 Å². The van der Waals surface area contributed by atoms with E-state index in [0.29, 0.717) is 25.1 Å². The minimum absolute atomic E-state index is 0.0464. The number of hydrogen-bond donors (Lipinski definition) is 2. The number of alkyl carbamates (subject to hydrolysis) is 1. The van der Waals surface area contributed by atoms with Gasteiger partial charge >= 0.3 is 12.1 Å². The summed E-state index contributed by atoms with van der Waals surface area (Å²) in [7, 11) is 0. The van der Waals surface area contributed by atoms with Gasteiger partial charge in [0, 0.05) is 12.5 Å². The zero-order valence-corrected chi connectivity index (χ0v) is 17.9. The molecule has 0 saturated heterocycles. The molecule has 0 bridgehead atoms. The molecule has 1 amide bonds. The molecule has 5 heteroatoms. The third-order valence-electron chi connectivity index (χ3n) is 5.72. The van der Waals surface area contributed by atoms with E-state index in [4.69, 9.17) is 9.84 Å². The molecule has 3 aromatic rings. The fourth-order valence-corrected chi connectivity index (χ4v) is 4.16. The second-order valence-electron chi connectivity index (χ2n) is 7.82. The van der Waals surface area contributed by atoms with Gasteiger partial charge < -0.3 is 15.2 Å². The molecule has 0 atom stereocenters. The van der Waals surface area contributed by atoms with Gasteiger partial charge in [0.2, 0.25) is 0 Å². The summed E-state index contributed by atoms with van der Waals surface area (Å²) < 4.78 is 5.53. The summed E-state index contributed by atoms with van der Waals surface area (Å²) in [6, 6.07) is 21.7. The molecule has 162 valence electrons. The summed E-state index contributed by atoms with van der Waals surface area (Å²) in [6.07, 6.45) is 4.07. The van der Waals surface area contributed by atoms with Crippen LogP contribution in [0, 0.1) is 6.92 Å². The smallest absolute Gasteiger partial charge is 0.407 e. The maximum absolute atomic E-state index is 12.2. The lowest BCUT2D eigenvalue weighted by Gasteiger charge is -2.14. The lowest BCUT2D eigenvalue weighted by molar-refractivity contribution is 0.0696. The maximum atomic E-state index is 12.2. The van der Waals surface area contributed by atoms with Crippen LogP contribution in [-0.4, -0.2) is 30.3 Å². The van der Waals surface area contributed by atoms with Gasteiger partial charge in [-0.1, -0.05) is 72.8 Å². The number of rotatable bonds is 7. The van der Waals surface area contributed by atoms with Gasteiger partial charge in [-0.25, -0.2) is 9.59 Å². The number of carbonyl (C=O) groups is 2. The summed E-state index contributed by atoms with van der Waals surface area (Å²) in [5, 5.41) is 11.9. The van der Waals surface area contributed by atoms with E-state index in [1.54, 1.807) is 19.1 Å². The topological polar surface area (TPSA) is 75.6 Å². The van der Waals surface area contributed by atoms with Crippen molar-refractivity contribution >= 4 is 18.1 Å². The average Bonchev–Trinajstić information content (AvgIpc) is 3.11. The first-order valence-electron chi connectivity index (χ1n) is 10.6.